The van der Waals surface area contributed by atoms with E-state index >= 15 is 0 Å². The van der Waals surface area contributed by atoms with Crippen LogP contribution in [-0.2, 0) is 14.8 Å². The number of piperazine rings is 1. The van der Waals surface area contributed by atoms with Crippen molar-refractivity contribution in [3.8, 4) is 0 Å². The Morgan fingerprint density at radius 2 is 1.80 bits per heavy atom. The number of hydrogen-bond acceptors (Lipinski definition) is 10. The highest BCUT2D eigenvalue weighted by atomic mass is 35.5. The topological polar surface area (TPSA) is 141 Å². The van der Waals surface area contributed by atoms with Gasteiger partial charge in [0.2, 0.25) is 10.0 Å². The maximum atomic E-state index is 14.3. The van der Waals surface area contributed by atoms with Gasteiger partial charge in [-0.2, -0.15) is 9.89 Å². The molecule has 15 heteroatoms. The lowest BCUT2D eigenvalue weighted by molar-refractivity contribution is -0.449. The number of ketones is 1. The molecule has 3 aromatic rings. The minimum atomic E-state index is -3.64. The molecule has 4 heterocycles. The Kier molecular flexibility index (Phi) is 13.8. The van der Waals surface area contributed by atoms with Gasteiger partial charge in [0.15, 0.2) is 24.2 Å². The van der Waals surface area contributed by atoms with E-state index in [0.717, 1.165) is 121 Å². The van der Waals surface area contributed by atoms with Crippen LogP contribution in [0.4, 0.5) is 16.3 Å². The molecule has 56 heavy (non-hydrogen) atoms. The molecule has 1 aromatic carbocycles. The predicted octanol–water partition coefficient (Wildman–Crippen LogP) is 6.53. The number of nitrogens with one attached hydrogen (secondary N) is 2. The van der Waals surface area contributed by atoms with Crippen LogP contribution in [0.1, 0.15) is 106 Å². The number of carbonyl (C=O) groups excluding carboxylic acids is 2. The number of carbonyl (C=O) groups is 2. The first-order valence-electron chi connectivity index (χ1n) is 20.3. The molecule has 2 N–H and O–H groups in total. The molecule has 1 aliphatic carbocycles. The maximum Gasteiger partial charge on any atom is 0.596 e. The van der Waals surface area contributed by atoms with Crippen molar-refractivity contribution in [1.82, 2.24) is 24.8 Å². The minimum Gasteiger partial charge on any atom is -0.406 e. The normalized spacial score (nSPS) is 21.9. The van der Waals surface area contributed by atoms with Crippen LogP contribution in [0.15, 0.2) is 30.5 Å². The van der Waals surface area contributed by atoms with Gasteiger partial charge in [-0.3, -0.25) is 9.52 Å². The van der Waals surface area contributed by atoms with Crippen LogP contribution in [0, 0.1) is 18.8 Å². The molecule has 1 saturated carbocycles. The Morgan fingerprint density at radius 1 is 1.05 bits per heavy atom. The van der Waals surface area contributed by atoms with Crippen molar-refractivity contribution in [3.63, 3.8) is 0 Å². The zero-order valence-electron chi connectivity index (χ0n) is 33.7. The Hall–Kier alpha value is -3.59. The first kappa shape index (κ1) is 42.0. The number of ether oxygens (including phenoxy) is 1. The lowest BCUT2D eigenvalue weighted by Gasteiger charge is -2.28. The monoisotopic (exact) mass is 811 g/mol. The number of aryl methyl sites for hydroxylation is 1. The molecule has 0 bridgehead atoms. The van der Waals surface area contributed by atoms with Gasteiger partial charge in [-0.1, -0.05) is 37.3 Å². The number of anilines is 2. The lowest BCUT2D eigenvalue weighted by atomic mass is 9.76. The summed E-state index contributed by atoms with van der Waals surface area (Å²) in [5, 5.41) is 8.76. The highest BCUT2D eigenvalue weighted by molar-refractivity contribution is 7.92. The Bertz CT molecular complexity index is 2010. The van der Waals surface area contributed by atoms with Gasteiger partial charge in [0.1, 0.15) is 11.4 Å². The van der Waals surface area contributed by atoms with Gasteiger partial charge in [0.05, 0.1) is 23.6 Å². The summed E-state index contributed by atoms with van der Waals surface area (Å²) in [5.41, 5.74) is 2.46. The average molecular weight is 813 g/mol. The summed E-state index contributed by atoms with van der Waals surface area (Å²) in [6.07, 6.45) is 13.2. The van der Waals surface area contributed by atoms with Crippen molar-refractivity contribution >= 4 is 56.9 Å². The summed E-state index contributed by atoms with van der Waals surface area (Å²) < 4.78 is 36.4. The average Bonchev–Trinajstić information content (AvgIpc) is 3.74. The highest BCUT2D eigenvalue weighted by Gasteiger charge is 2.35. The molecule has 306 valence electrons. The van der Waals surface area contributed by atoms with Gasteiger partial charge in [-0.25, -0.2) is 17.9 Å². The van der Waals surface area contributed by atoms with Crippen LogP contribution >= 0.6 is 11.6 Å². The third kappa shape index (κ3) is 11.3. The van der Waals surface area contributed by atoms with E-state index in [1.807, 2.05) is 44.5 Å². The molecule has 0 radical (unpaired) electrons. The lowest BCUT2D eigenvalue weighted by Crippen LogP contribution is -2.43. The van der Waals surface area contributed by atoms with Gasteiger partial charge in [-0.15, -0.1) is 4.58 Å². The summed E-state index contributed by atoms with van der Waals surface area (Å²) in [6, 6.07) is 6.76. The molecule has 2 aromatic heterocycles. The molecule has 3 atom stereocenters. The number of benzene rings is 1. The largest absolute Gasteiger partial charge is 0.596 e. The molecule has 13 nitrogen and oxygen atoms in total. The number of nitrogens with zero attached hydrogens (tertiary/aromatic N) is 6. The zero-order chi connectivity index (χ0) is 40.0. The summed E-state index contributed by atoms with van der Waals surface area (Å²) in [7, 11) is -3.64. The number of amides is 1. The van der Waals surface area contributed by atoms with E-state index in [1.54, 1.807) is 16.7 Å². The van der Waals surface area contributed by atoms with Crippen molar-refractivity contribution in [3.05, 3.63) is 52.3 Å². The van der Waals surface area contributed by atoms with Crippen molar-refractivity contribution in [2.75, 3.05) is 68.2 Å². The second-order valence-electron chi connectivity index (χ2n) is 16.9. The van der Waals surface area contributed by atoms with Crippen LogP contribution in [0.2, 0.25) is 5.02 Å². The molecule has 2 unspecified atom stereocenters. The van der Waals surface area contributed by atoms with E-state index in [-0.39, 0.29) is 35.3 Å². The van der Waals surface area contributed by atoms with E-state index in [9.17, 15) is 18.0 Å². The van der Waals surface area contributed by atoms with Crippen LogP contribution in [-0.4, -0.2) is 115 Å². The van der Waals surface area contributed by atoms with Gasteiger partial charge in [0, 0.05) is 85.9 Å². The second-order valence-corrected chi connectivity index (χ2v) is 19.1. The Balaban J connectivity index is 1.20. The molecular formula is C41H60ClN8O5S+. The fourth-order valence-electron chi connectivity index (χ4n) is 8.34. The molecule has 2 aliphatic heterocycles. The van der Waals surface area contributed by atoms with Crippen LogP contribution in [0.5, 0.6) is 0 Å². The molecular weight excluding hydrogens is 752 g/mol. The summed E-state index contributed by atoms with van der Waals surface area (Å²) in [5.74, 6) is 0.400. The molecule has 0 spiro atoms. The minimum absolute atomic E-state index is 0.110. The van der Waals surface area contributed by atoms with Crippen LogP contribution < -0.4 is 14.9 Å². The molecule has 2 saturated heterocycles. The van der Waals surface area contributed by atoms with Crippen molar-refractivity contribution < 1.29 is 27.3 Å². The van der Waals surface area contributed by atoms with Gasteiger partial charge in [-0.05, 0) is 78.1 Å². The van der Waals surface area contributed by atoms with E-state index in [1.165, 1.54) is 6.07 Å². The third-order valence-corrected chi connectivity index (χ3v) is 11.9. The van der Waals surface area contributed by atoms with E-state index in [2.05, 4.69) is 26.1 Å². The van der Waals surface area contributed by atoms with Crippen molar-refractivity contribution in [2.24, 2.45) is 11.8 Å². The van der Waals surface area contributed by atoms with Crippen LogP contribution in [0.25, 0.3) is 5.65 Å². The standard InChI is InChI=1S/C41H59ClN8O5S/c1-29-26-50-37(25-35(45-50)32-12-8-6-7-9-13-33(32)38(51)34-15-14-31(42)24-36(34)46-56(5,53)54)44-39(29)48-21-16-30(27-48)28-49(40(52)55-41(2,3)4)20-11-10-19-47-22-17-43-18-23-47/h14-15,24-26,28,30,32-33,43H,6-13,16-23,27H2,1-5H3/p+1/b49-28+/t30?,32?,33-/m0/s1. The van der Waals surface area contributed by atoms with Crippen molar-refractivity contribution in [2.45, 2.75) is 97.0 Å². The fourth-order valence-corrected chi connectivity index (χ4v) is 9.08. The van der Waals surface area contributed by atoms with E-state index < -0.39 is 15.6 Å². The number of rotatable bonds is 12. The zero-order valence-corrected chi connectivity index (χ0v) is 35.3. The third-order valence-electron chi connectivity index (χ3n) is 11.0. The first-order chi connectivity index (χ1) is 26.6. The van der Waals surface area contributed by atoms with Crippen molar-refractivity contribution in [1.29, 1.82) is 0 Å². The van der Waals surface area contributed by atoms with Gasteiger partial charge >= 0.3 is 6.09 Å². The quantitative estimate of drug-likeness (QED) is 0.0898. The van der Waals surface area contributed by atoms with Gasteiger partial charge in [0.25, 0.3) is 0 Å². The highest BCUT2D eigenvalue weighted by Crippen LogP contribution is 2.39. The summed E-state index contributed by atoms with van der Waals surface area (Å²) in [6.45, 7) is 15.2. The Labute approximate surface area is 337 Å². The number of hydrogen-bond donors (Lipinski definition) is 2. The predicted molar refractivity (Wildman–Crippen MR) is 222 cm³/mol. The number of unbranched alkanes of at least 4 members (excludes halogenated alkanes) is 1. The number of sulfonamides is 1. The SMILES string of the molecule is Cc1cn2nc(C3CCCCCC[C@@H]3C(=O)c3ccc(Cl)cc3NS(C)(=O)=O)cc2nc1N1CCC(/C=[N+](\CCCCN2CCNCC2)C(=O)OC(C)(C)C)C1. The number of fused-ring (bicyclic) bond motifs is 1. The fraction of sp³-hybridized carbons (Fsp3) is 0.634. The van der Waals surface area contributed by atoms with Gasteiger partial charge < -0.3 is 19.9 Å². The number of aromatic nitrogens is 3. The molecule has 3 aliphatic rings. The maximum absolute atomic E-state index is 14.3. The van der Waals surface area contributed by atoms with E-state index in [4.69, 9.17) is 26.4 Å². The first-order valence-corrected chi connectivity index (χ1v) is 22.6. The smallest absolute Gasteiger partial charge is 0.406 e. The molecule has 1 amide bonds. The molecule has 6 rings (SSSR count). The number of halogens is 1. The Morgan fingerprint density at radius 3 is 2.54 bits per heavy atom. The van der Waals surface area contributed by atoms with E-state index in [0.29, 0.717) is 29.2 Å². The number of Topliss-reactive ketones (excluding diaryl/α,β-unsaturated/α-hetero) is 1. The van der Waals surface area contributed by atoms with Crippen LogP contribution in [0.3, 0.4) is 0 Å². The molecule has 3 fully saturated rings. The summed E-state index contributed by atoms with van der Waals surface area (Å²) in [4.78, 5) is 37.6. The second kappa shape index (κ2) is 18.3. The summed E-state index contributed by atoms with van der Waals surface area (Å²) >= 11 is 6.24.